The Hall–Kier alpha value is -3.52. The second-order valence-corrected chi connectivity index (χ2v) is 8.34. The van der Waals surface area contributed by atoms with E-state index >= 15 is 0 Å². The van der Waals surface area contributed by atoms with E-state index < -0.39 is 9.84 Å². The maximum atomic E-state index is 12.7. The van der Waals surface area contributed by atoms with Crippen molar-refractivity contribution in [3.63, 3.8) is 0 Å². The molecule has 1 amide bonds. The van der Waals surface area contributed by atoms with Crippen LogP contribution < -0.4 is 5.32 Å². The molecule has 0 unspecified atom stereocenters. The lowest BCUT2D eigenvalue weighted by molar-refractivity contribution is 0.102. The summed E-state index contributed by atoms with van der Waals surface area (Å²) >= 11 is 0. The highest BCUT2D eigenvalue weighted by Gasteiger charge is 2.16. The van der Waals surface area contributed by atoms with Crippen molar-refractivity contribution >= 4 is 32.3 Å². The standard InChI is InChI=1S/C20H16N4O3S/c1-28(26,27)16-7-5-15(6-8-16)22-20(25)19-17-11-13(4-9-18(17)23-24-19)14-3-2-10-21-12-14/h2-12H,1H3,(H,22,25)(H,23,24). The lowest BCUT2D eigenvalue weighted by Gasteiger charge is -2.05. The van der Waals surface area contributed by atoms with Gasteiger partial charge in [-0.1, -0.05) is 12.1 Å². The lowest BCUT2D eigenvalue weighted by Crippen LogP contribution is -2.13. The minimum Gasteiger partial charge on any atom is -0.321 e. The number of anilines is 1. The smallest absolute Gasteiger partial charge is 0.276 e. The molecular formula is C20H16N4O3S. The van der Waals surface area contributed by atoms with Crippen LogP contribution in [0.1, 0.15) is 10.5 Å². The molecule has 2 N–H and O–H groups in total. The Kier molecular flexibility index (Phi) is 4.40. The van der Waals surface area contributed by atoms with Crippen molar-refractivity contribution in [1.82, 2.24) is 15.2 Å². The molecule has 2 aromatic carbocycles. The highest BCUT2D eigenvalue weighted by Crippen LogP contribution is 2.25. The van der Waals surface area contributed by atoms with Gasteiger partial charge < -0.3 is 5.32 Å². The molecule has 2 aromatic heterocycles. The van der Waals surface area contributed by atoms with Crippen molar-refractivity contribution in [3.05, 3.63) is 72.7 Å². The van der Waals surface area contributed by atoms with Crippen LogP contribution in [0.2, 0.25) is 0 Å². The molecule has 0 fully saturated rings. The van der Waals surface area contributed by atoms with E-state index in [0.717, 1.165) is 22.9 Å². The van der Waals surface area contributed by atoms with Crippen LogP contribution in [-0.2, 0) is 9.84 Å². The number of carbonyl (C=O) groups is 1. The Morgan fingerprint density at radius 2 is 1.82 bits per heavy atom. The molecule has 0 atom stereocenters. The topological polar surface area (TPSA) is 105 Å². The number of nitrogens with zero attached hydrogens (tertiary/aromatic N) is 2. The van der Waals surface area contributed by atoms with Gasteiger partial charge in [-0.15, -0.1) is 0 Å². The van der Waals surface area contributed by atoms with Crippen molar-refractivity contribution in [2.24, 2.45) is 0 Å². The number of sulfone groups is 1. The highest BCUT2D eigenvalue weighted by atomic mass is 32.2. The fourth-order valence-corrected chi connectivity index (χ4v) is 3.51. The van der Waals surface area contributed by atoms with Crippen LogP contribution in [-0.4, -0.2) is 35.8 Å². The zero-order valence-corrected chi connectivity index (χ0v) is 15.7. The number of aromatic amines is 1. The first-order chi connectivity index (χ1) is 13.4. The number of rotatable bonds is 4. The van der Waals surface area contributed by atoms with Gasteiger partial charge in [0.15, 0.2) is 15.5 Å². The van der Waals surface area contributed by atoms with Crippen LogP contribution in [0.4, 0.5) is 5.69 Å². The van der Waals surface area contributed by atoms with Crippen molar-refractivity contribution in [3.8, 4) is 11.1 Å². The summed E-state index contributed by atoms with van der Waals surface area (Å²) in [6.07, 6.45) is 4.59. The van der Waals surface area contributed by atoms with Crippen LogP contribution in [0.15, 0.2) is 71.9 Å². The second kappa shape index (κ2) is 6.90. The lowest BCUT2D eigenvalue weighted by atomic mass is 10.0. The van der Waals surface area contributed by atoms with Crippen molar-refractivity contribution in [2.75, 3.05) is 11.6 Å². The molecule has 4 rings (SSSR count). The van der Waals surface area contributed by atoms with Gasteiger partial charge in [-0.2, -0.15) is 5.10 Å². The summed E-state index contributed by atoms with van der Waals surface area (Å²) < 4.78 is 23.1. The van der Waals surface area contributed by atoms with E-state index in [0.29, 0.717) is 11.1 Å². The number of aromatic nitrogens is 3. The highest BCUT2D eigenvalue weighted by molar-refractivity contribution is 7.90. The van der Waals surface area contributed by atoms with Gasteiger partial charge in [-0.25, -0.2) is 8.42 Å². The molecule has 0 bridgehead atoms. The van der Waals surface area contributed by atoms with Gasteiger partial charge in [0.25, 0.3) is 5.91 Å². The van der Waals surface area contributed by atoms with Crippen LogP contribution in [0.3, 0.4) is 0 Å². The number of hydrogen-bond donors (Lipinski definition) is 2. The predicted octanol–water partition coefficient (Wildman–Crippen LogP) is 3.28. The first kappa shape index (κ1) is 17.9. The number of hydrogen-bond acceptors (Lipinski definition) is 5. The summed E-state index contributed by atoms with van der Waals surface area (Å²) in [5.41, 5.74) is 3.34. The SMILES string of the molecule is CS(=O)(=O)c1ccc(NC(=O)c2n[nH]c3ccc(-c4cccnc4)cc23)cc1. The summed E-state index contributed by atoms with van der Waals surface area (Å²) in [6, 6.07) is 15.5. The first-order valence-corrected chi connectivity index (χ1v) is 10.3. The van der Waals surface area contributed by atoms with Gasteiger partial charge in [-0.05, 0) is 48.0 Å². The molecule has 0 spiro atoms. The van der Waals surface area contributed by atoms with Gasteiger partial charge >= 0.3 is 0 Å². The van der Waals surface area contributed by atoms with Crippen LogP contribution in [0, 0.1) is 0 Å². The van der Waals surface area contributed by atoms with E-state index in [1.807, 2.05) is 30.3 Å². The van der Waals surface area contributed by atoms with E-state index in [1.165, 1.54) is 12.1 Å². The number of fused-ring (bicyclic) bond motifs is 1. The summed E-state index contributed by atoms with van der Waals surface area (Å²) in [5.74, 6) is -0.387. The average Bonchev–Trinajstić information content (AvgIpc) is 3.12. The Morgan fingerprint density at radius 3 is 2.50 bits per heavy atom. The fourth-order valence-electron chi connectivity index (χ4n) is 2.88. The molecule has 2 heterocycles. The number of amides is 1. The minimum atomic E-state index is -3.29. The molecule has 4 aromatic rings. The van der Waals surface area contributed by atoms with Gasteiger partial charge in [-0.3, -0.25) is 14.9 Å². The normalized spacial score (nSPS) is 11.5. The Labute approximate surface area is 161 Å². The molecule has 0 aliphatic carbocycles. The van der Waals surface area contributed by atoms with Crippen LogP contribution >= 0.6 is 0 Å². The zero-order valence-electron chi connectivity index (χ0n) is 14.9. The largest absolute Gasteiger partial charge is 0.321 e. The zero-order chi connectivity index (χ0) is 19.7. The molecule has 0 aliphatic rings. The number of H-pyrrole nitrogens is 1. The summed E-state index contributed by atoms with van der Waals surface area (Å²) in [5, 5.41) is 10.4. The Balaban J connectivity index is 1.64. The van der Waals surface area contributed by atoms with Crippen molar-refractivity contribution < 1.29 is 13.2 Å². The molecule has 7 nitrogen and oxygen atoms in total. The number of pyridine rings is 1. The number of benzene rings is 2. The maximum absolute atomic E-state index is 12.7. The van der Waals surface area contributed by atoms with Crippen molar-refractivity contribution in [1.29, 1.82) is 0 Å². The molecule has 8 heteroatoms. The molecule has 0 saturated heterocycles. The Morgan fingerprint density at radius 1 is 1.04 bits per heavy atom. The summed E-state index contributed by atoms with van der Waals surface area (Å²) in [7, 11) is -3.29. The molecule has 0 aliphatic heterocycles. The minimum absolute atomic E-state index is 0.192. The molecular weight excluding hydrogens is 376 g/mol. The van der Waals surface area contributed by atoms with Gasteiger partial charge in [0.05, 0.1) is 10.4 Å². The second-order valence-electron chi connectivity index (χ2n) is 6.32. The van der Waals surface area contributed by atoms with Crippen LogP contribution in [0.5, 0.6) is 0 Å². The quantitative estimate of drug-likeness (QED) is 0.554. The molecule has 28 heavy (non-hydrogen) atoms. The number of carbonyl (C=O) groups excluding carboxylic acids is 1. The first-order valence-electron chi connectivity index (χ1n) is 8.42. The van der Waals surface area contributed by atoms with Crippen molar-refractivity contribution in [2.45, 2.75) is 4.90 Å². The van der Waals surface area contributed by atoms with E-state index in [1.54, 1.807) is 24.5 Å². The van der Waals surface area contributed by atoms with E-state index in [2.05, 4.69) is 20.5 Å². The third-order valence-electron chi connectivity index (χ3n) is 4.31. The average molecular weight is 392 g/mol. The fraction of sp³-hybridized carbons (Fsp3) is 0.0500. The predicted molar refractivity (Wildman–Crippen MR) is 107 cm³/mol. The van der Waals surface area contributed by atoms with Gasteiger partial charge in [0.1, 0.15) is 0 Å². The van der Waals surface area contributed by atoms with Gasteiger partial charge in [0.2, 0.25) is 0 Å². The van der Waals surface area contributed by atoms with Crippen LogP contribution in [0.25, 0.3) is 22.0 Å². The van der Waals surface area contributed by atoms with E-state index in [4.69, 9.17) is 0 Å². The van der Waals surface area contributed by atoms with Gasteiger partial charge in [0, 0.05) is 35.3 Å². The van der Waals surface area contributed by atoms with E-state index in [-0.39, 0.29) is 16.5 Å². The summed E-state index contributed by atoms with van der Waals surface area (Å²) in [4.78, 5) is 17.0. The summed E-state index contributed by atoms with van der Waals surface area (Å²) in [6.45, 7) is 0. The van der Waals surface area contributed by atoms with E-state index in [9.17, 15) is 13.2 Å². The number of nitrogens with one attached hydrogen (secondary N) is 2. The molecule has 0 radical (unpaired) electrons. The third-order valence-corrected chi connectivity index (χ3v) is 5.44. The maximum Gasteiger partial charge on any atom is 0.276 e. The Bertz CT molecular complexity index is 1260. The molecule has 0 saturated carbocycles. The third kappa shape index (κ3) is 3.49. The monoisotopic (exact) mass is 392 g/mol. The molecule has 140 valence electrons.